The summed E-state index contributed by atoms with van der Waals surface area (Å²) in [5, 5.41) is 7.98. The summed E-state index contributed by atoms with van der Waals surface area (Å²) in [6.07, 6.45) is 2.52. The van der Waals surface area contributed by atoms with Crippen molar-refractivity contribution in [1.29, 1.82) is 0 Å². The maximum Gasteiger partial charge on any atom is 0.253 e. The number of halogens is 1. The van der Waals surface area contributed by atoms with Crippen LogP contribution in [0.25, 0.3) is 5.69 Å². The Morgan fingerprint density at radius 1 is 1.11 bits per heavy atom. The Balaban J connectivity index is 1.20. The lowest BCUT2D eigenvalue weighted by atomic mass is 9.90. The lowest BCUT2D eigenvalue weighted by Crippen LogP contribution is -2.40. The van der Waals surface area contributed by atoms with E-state index in [9.17, 15) is 9.59 Å². The van der Waals surface area contributed by atoms with Crippen LogP contribution < -0.4 is 10.1 Å². The van der Waals surface area contributed by atoms with Gasteiger partial charge >= 0.3 is 0 Å². The topological polar surface area (TPSA) is 76.5 Å². The van der Waals surface area contributed by atoms with Gasteiger partial charge in [-0.15, -0.1) is 0 Å². The maximum atomic E-state index is 13.2. The number of hydrogen-bond acceptors (Lipinski definition) is 4. The molecule has 2 fully saturated rings. The number of aryl methyl sites for hydroxylation is 2. The number of hydrogen-bond donors (Lipinski definition) is 1. The number of nitrogens with zero attached hydrogens (tertiary/aromatic N) is 3. The molecule has 2 amide bonds. The Hall–Kier alpha value is -3.32. The van der Waals surface area contributed by atoms with Crippen LogP contribution in [0.5, 0.6) is 5.75 Å². The molecule has 1 aliphatic heterocycles. The van der Waals surface area contributed by atoms with Crippen molar-refractivity contribution in [2.75, 3.05) is 25.5 Å². The number of aromatic nitrogens is 2. The van der Waals surface area contributed by atoms with Crippen LogP contribution in [-0.2, 0) is 4.79 Å². The third-order valence-corrected chi connectivity index (χ3v) is 7.61. The molecule has 2 aliphatic rings. The lowest BCUT2D eigenvalue weighted by molar-refractivity contribution is -0.118. The van der Waals surface area contributed by atoms with Crippen molar-refractivity contribution in [3.05, 3.63) is 70.5 Å². The van der Waals surface area contributed by atoms with Gasteiger partial charge in [0.05, 0.1) is 23.5 Å². The second-order valence-corrected chi connectivity index (χ2v) is 10.0. The van der Waals surface area contributed by atoms with Crippen LogP contribution in [0.2, 0.25) is 5.02 Å². The van der Waals surface area contributed by atoms with Crippen molar-refractivity contribution in [3.63, 3.8) is 0 Å². The Morgan fingerprint density at radius 3 is 2.54 bits per heavy atom. The van der Waals surface area contributed by atoms with E-state index >= 15 is 0 Å². The quantitative estimate of drug-likeness (QED) is 0.541. The van der Waals surface area contributed by atoms with Crippen LogP contribution in [0.3, 0.4) is 0 Å². The number of nitrogens with one attached hydrogen (secondary N) is 1. The Labute approximate surface area is 210 Å². The molecule has 35 heavy (non-hydrogen) atoms. The minimum atomic E-state index is -0.0324. The molecule has 1 saturated heterocycles. The zero-order chi connectivity index (χ0) is 24.7. The molecule has 0 radical (unpaired) electrons. The van der Waals surface area contributed by atoms with E-state index < -0.39 is 0 Å². The van der Waals surface area contributed by atoms with Crippen LogP contribution in [0, 0.1) is 25.2 Å². The molecule has 1 aromatic heterocycles. The molecule has 2 aromatic carbocycles. The van der Waals surface area contributed by atoms with Crippen LogP contribution in [0.15, 0.2) is 48.5 Å². The number of piperidine rings is 1. The number of benzene rings is 2. The predicted octanol–water partition coefficient (Wildman–Crippen LogP) is 5.03. The molecule has 182 valence electrons. The molecule has 2 heterocycles. The molecule has 1 aliphatic carbocycles. The Kier molecular flexibility index (Phi) is 6.05. The van der Waals surface area contributed by atoms with Gasteiger partial charge in [0.15, 0.2) is 0 Å². The minimum Gasteiger partial charge on any atom is -0.495 e. The van der Waals surface area contributed by atoms with E-state index in [-0.39, 0.29) is 23.1 Å². The highest BCUT2D eigenvalue weighted by molar-refractivity contribution is 6.32. The fourth-order valence-electron chi connectivity index (χ4n) is 5.24. The van der Waals surface area contributed by atoms with Gasteiger partial charge in [-0.3, -0.25) is 9.59 Å². The number of anilines is 1. The third-order valence-electron chi connectivity index (χ3n) is 7.32. The third kappa shape index (κ3) is 4.52. The molecule has 7 nitrogen and oxygen atoms in total. The van der Waals surface area contributed by atoms with E-state index in [4.69, 9.17) is 16.3 Å². The van der Waals surface area contributed by atoms with E-state index in [1.165, 1.54) is 0 Å². The van der Waals surface area contributed by atoms with Crippen molar-refractivity contribution >= 4 is 29.1 Å². The van der Waals surface area contributed by atoms with Gasteiger partial charge in [-0.25, -0.2) is 4.68 Å². The summed E-state index contributed by atoms with van der Waals surface area (Å²) in [7, 11) is 1.56. The first-order valence-corrected chi connectivity index (χ1v) is 12.2. The molecule has 1 spiro atoms. The summed E-state index contributed by atoms with van der Waals surface area (Å²) < 4.78 is 7.03. The first-order valence-electron chi connectivity index (χ1n) is 11.9. The number of ether oxygens (including phenoxy) is 1. The molecule has 1 saturated carbocycles. The predicted molar refractivity (Wildman–Crippen MR) is 135 cm³/mol. The highest BCUT2D eigenvalue weighted by atomic mass is 35.5. The standard InChI is InChI=1S/C27H29ClN4O3/c1-17-13-18(2)32(30-17)21-6-4-5-19(14-21)26(34)31-11-9-27(10-12-31)16-22(27)25(33)29-20-7-8-24(35-3)23(28)15-20/h4-8,13-15,22H,9-12,16H2,1-3H3,(H,29,33). The number of amides is 2. The SMILES string of the molecule is COc1ccc(NC(=O)C2CC23CCN(C(=O)c2cccc(-n4nc(C)cc4C)c2)CC3)cc1Cl. The summed E-state index contributed by atoms with van der Waals surface area (Å²) in [5.74, 6) is 0.585. The molecule has 3 aromatic rings. The van der Waals surface area contributed by atoms with Gasteiger partial charge in [0, 0.05) is 36.0 Å². The van der Waals surface area contributed by atoms with Gasteiger partial charge in [0.25, 0.3) is 5.91 Å². The number of carbonyl (C=O) groups excluding carboxylic acids is 2. The molecule has 5 rings (SSSR count). The van der Waals surface area contributed by atoms with Crippen LogP contribution >= 0.6 is 11.6 Å². The number of rotatable bonds is 5. The number of likely N-dealkylation sites (tertiary alicyclic amines) is 1. The first kappa shape index (κ1) is 23.4. The largest absolute Gasteiger partial charge is 0.495 e. The monoisotopic (exact) mass is 492 g/mol. The number of carbonyl (C=O) groups is 2. The fraction of sp³-hybridized carbons (Fsp3) is 0.370. The summed E-state index contributed by atoms with van der Waals surface area (Å²) in [6.45, 7) is 5.27. The smallest absolute Gasteiger partial charge is 0.253 e. The highest BCUT2D eigenvalue weighted by Crippen LogP contribution is 2.59. The van der Waals surface area contributed by atoms with Gasteiger partial charge in [-0.2, -0.15) is 5.10 Å². The Morgan fingerprint density at radius 2 is 1.89 bits per heavy atom. The van der Waals surface area contributed by atoms with Crippen molar-refractivity contribution in [2.24, 2.45) is 11.3 Å². The molecule has 8 heteroatoms. The van der Waals surface area contributed by atoms with Gasteiger partial charge in [0.1, 0.15) is 5.75 Å². The van der Waals surface area contributed by atoms with Crippen LogP contribution in [0.1, 0.15) is 41.0 Å². The zero-order valence-corrected chi connectivity index (χ0v) is 20.9. The summed E-state index contributed by atoms with van der Waals surface area (Å²) in [5.41, 5.74) is 4.17. The van der Waals surface area contributed by atoms with Crippen molar-refractivity contribution in [1.82, 2.24) is 14.7 Å². The fourth-order valence-corrected chi connectivity index (χ4v) is 5.50. The van der Waals surface area contributed by atoms with Gasteiger partial charge in [-0.1, -0.05) is 17.7 Å². The van der Waals surface area contributed by atoms with Crippen molar-refractivity contribution in [2.45, 2.75) is 33.1 Å². The molecule has 1 N–H and O–H groups in total. The lowest BCUT2D eigenvalue weighted by Gasteiger charge is -2.33. The highest BCUT2D eigenvalue weighted by Gasteiger charge is 2.58. The normalized spacial score (nSPS) is 18.4. The van der Waals surface area contributed by atoms with E-state index in [2.05, 4.69) is 10.4 Å². The van der Waals surface area contributed by atoms with Crippen molar-refractivity contribution in [3.8, 4) is 11.4 Å². The Bertz CT molecular complexity index is 1290. The average molecular weight is 493 g/mol. The average Bonchev–Trinajstić information content (AvgIpc) is 3.44. The zero-order valence-electron chi connectivity index (χ0n) is 20.2. The van der Waals surface area contributed by atoms with E-state index in [0.717, 1.165) is 36.3 Å². The van der Waals surface area contributed by atoms with Gasteiger partial charge in [0.2, 0.25) is 5.91 Å². The van der Waals surface area contributed by atoms with E-state index in [0.29, 0.717) is 35.1 Å². The molecule has 1 atom stereocenters. The summed E-state index contributed by atoms with van der Waals surface area (Å²) in [4.78, 5) is 28.0. The van der Waals surface area contributed by atoms with Crippen LogP contribution in [-0.4, -0.2) is 46.7 Å². The molecular weight excluding hydrogens is 464 g/mol. The second-order valence-electron chi connectivity index (χ2n) is 9.64. The van der Waals surface area contributed by atoms with E-state index in [1.807, 2.05) is 53.8 Å². The number of methoxy groups -OCH3 is 1. The van der Waals surface area contributed by atoms with Gasteiger partial charge in [-0.05, 0) is 81.0 Å². The molecular formula is C27H29ClN4O3. The first-order chi connectivity index (χ1) is 16.8. The van der Waals surface area contributed by atoms with Crippen molar-refractivity contribution < 1.29 is 14.3 Å². The minimum absolute atomic E-state index is 0.0112. The van der Waals surface area contributed by atoms with Gasteiger partial charge < -0.3 is 15.0 Å². The second kappa shape index (κ2) is 9.04. The maximum absolute atomic E-state index is 13.2. The van der Waals surface area contributed by atoms with Crippen LogP contribution in [0.4, 0.5) is 5.69 Å². The molecule has 1 unspecified atom stereocenters. The summed E-state index contributed by atoms with van der Waals surface area (Å²) in [6, 6.07) is 14.9. The van der Waals surface area contributed by atoms with E-state index in [1.54, 1.807) is 25.3 Å². The molecule has 0 bridgehead atoms. The summed E-state index contributed by atoms with van der Waals surface area (Å²) >= 11 is 6.18.